The molecule has 39 heavy (non-hydrogen) atoms. The number of ether oxygens (including phenoxy) is 1. The molecule has 2 fully saturated rings. The first-order valence-electron chi connectivity index (χ1n) is 14.3. The summed E-state index contributed by atoms with van der Waals surface area (Å²) in [6.07, 6.45) is 5.04. The summed E-state index contributed by atoms with van der Waals surface area (Å²) in [4.78, 5) is 40.5. The minimum Gasteiger partial charge on any atom is -0.445 e. The molecule has 1 aromatic rings. The number of nitrogens with zero attached hydrogens (tertiary/aromatic N) is 2. The fourth-order valence-electron chi connectivity index (χ4n) is 5.35. The van der Waals surface area contributed by atoms with Gasteiger partial charge in [-0.15, -0.1) is 0 Å². The van der Waals surface area contributed by atoms with Gasteiger partial charge in [-0.25, -0.2) is 17.5 Å². The molecule has 10 nitrogen and oxygen atoms in total. The van der Waals surface area contributed by atoms with Gasteiger partial charge in [-0.2, -0.15) is 0 Å². The molecule has 2 N–H and O–H groups in total. The summed E-state index contributed by atoms with van der Waals surface area (Å²) in [5.74, 6) is -0.170. The summed E-state index contributed by atoms with van der Waals surface area (Å²) in [5, 5.41) is 5.66. The largest absolute Gasteiger partial charge is 0.445 e. The Kier molecular flexibility index (Phi) is 11.6. The monoisotopic (exact) mass is 564 g/mol. The van der Waals surface area contributed by atoms with Gasteiger partial charge in [-0.05, 0) is 50.5 Å². The number of rotatable bonds is 14. The average molecular weight is 565 g/mol. The Morgan fingerprint density at radius 2 is 1.77 bits per heavy atom. The highest BCUT2D eigenvalue weighted by Gasteiger charge is 2.53. The minimum absolute atomic E-state index is 0.106. The maximum absolute atomic E-state index is 13.5. The number of carbonyl (C=O) groups excluding carboxylic acids is 3. The third kappa shape index (κ3) is 8.17. The van der Waals surface area contributed by atoms with E-state index in [-0.39, 0.29) is 37.3 Å². The van der Waals surface area contributed by atoms with Crippen LogP contribution in [0.5, 0.6) is 0 Å². The molecule has 0 aromatic heterocycles. The molecule has 3 amide bonds. The van der Waals surface area contributed by atoms with Gasteiger partial charge in [0.05, 0.1) is 5.75 Å². The highest BCUT2D eigenvalue weighted by molar-refractivity contribution is 7.89. The van der Waals surface area contributed by atoms with E-state index in [4.69, 9.17) is 4.74 Å². The lowest BCUT2D eigenvalue weighted by molar-refractivity contribution is -0.160. The zero-order valence-corrected chi connectivity index (χ0v) is 24.1. The topological polar surface area (TPSA) is 125 Å². The second-order valence-electron chi connectivity index (χ2n) is 10.5. The molecule has 0 radical (unpaired) electrons. The Hall–Kier alpha value is -2.66. The van der Waals surface area contributed by atoms with E-state index in [0.29, 0.717) is 58.0 Å². The van der Waals surface area contributed by atoms with Gasteiger partial charge in [-0.3, -0.25) is 9.59 Å². The Balaban J connectivity index is 1.47. The number of nitrogens with one attached hydrogen (secondary N) is 2. The van der Waals surface area contributed by atoms with Crippen LogP contribution in [0.2, 0.25) is 0 Å². The molecule has 1 spiro atoms. The zero-order valence-electron chi connectivity index (χ0n) is 23.3. The molecule has 0 unspecified atom stereocenters. The van der Waals surface area contributed by atoms with Crippen LogP contribution in [0.25, 0.3) is 0 Å². The second kappa shape index (κ2) is 14.6. The average Bonchev–Trinajstić information content (AvgIpc) is 2.93. The summed E-state index contributed by atoms with van der Waals surface area (Å²) in [6, 6.07) is 8.82. The Bertz CT molecular complexity index is 1060. The lowest BCUT2D eigenvalue weighted by atomic mass is 9.81. The molecule has 2 aliphatic heterocycles. The van der Waals surface area contributed by atoms with Gasteiger partial charge < -0.3 is 20.3 Å². The fourth-order valence-corrected chi connectivity index (χ4v) is 6.92. The number of unbranched alkanes of at least 4 members (excludes halogenated alkanes) is 3. The fraction of sp³-hybridized carbons (Fsp3) is 0.679. The van der Waals surface area contributed by atoms with Crippen LogP contribution in [0.15, 0.2) is 30.3 Å². The summed E-state index contributed by atoms with van der Waals surface area (Å²) in [5.41, 5.74) is -0.0869. The van der Waals surface area contributed by atoms with Gasteiger partial charge in [0.1, 0.15) is 18.2 Å². The van der Waals surface area contributed by atoms with E-state index in [1.807, 2.05) is 44.2 Å². The first-order chi connectivity index (χ1) is 18.7. The van der Waals surface area contributed by atoms with E-state index in [0.717, 1.165) is 18.4 Å². The summed E-state index contributed by atoms with van der Waals surface area (Å²) in [6.45, 7) is 5.56. The number of hydrogen-bond donors (Lipinski definition) is 2. The maximum Gasteiger partial charge on any atom is 0.407 e. The van der Waals surface area contributed by atoms with Gasteiger partial charge in [-0.1, -0.05) is 57.0 Å². The minimum atomic E-state index is -3.36. The van der Waals surface area contributed by atoms with Gasteiger partial charge in [0.2, 0.25) is 21.8 Å². The second-order valence-corrected chi connectivity index (χ2v) is 12.5. The molecular formula is C28H44N4O6S. The van der Waals surface area contributed by atoms with Gasteiger partial charge in [0.25, 0.3) is 0 Å². The van der Waals surface area contributed by atoms with Gasteiger partial charge >= 0.3 is 6.09 Å². The first kappa shape index (κ1) is 30.9. The number of alkyl carbamates (subject to hydrolysis) is 1. The van der Waals surface area contributed by atoms with Crippen LogP contribution in [0, 0.1) is 0 Å². The molecule has 1 aromatic carbocycles. The smallest absolute Gasteiger partial charge is 0.407 e. The molecule has 0 saturated carbocycles. The molecule has 0 aliphatic carbocycles. The van der Waals surface area contributed by atoms with E-state index in [9.17, 15) is 22.8 Å². The number of piperazine rings is 1. The third-order valence-electron chi connectivity index (χ3n) is 7.61. The lowest BCUT2D eigenvalue weighted by Crippen LogP contribution is -2.73. The summed E-state index contributed by atoms with van der Waals surface area (Å²) in [7, 11) is -3.36. The van der Waals surface area contributed by atoms with Crippen molar-refractivity contribution in [2.75, 3.05) is 31.9 Å². The predicted octanol–water partition coefficient (Wildman–Crippen LogP) is 3.17. The Morgan fingerprint density at radius 1 is 1.05 bits per heavy atom. The van der Waals surface area contributed by atoms with E-state index in [2.05, 4.69) is 10.6 Å². The number of carbonyl (C=O) groups is 3. The normalized spacial score (nSPS) is 19.6. The number of amides is 3. The zero-order chi connectivity index (χ0) is 28.3. The van der Waals surface area contributed by atoms with Crippen molar-refractivity contribution in [1.82, 2.24) is 19.8 Å². The molecule has 2 aliphatic rings. The molecule has 218 valence electrons. The van der Waals surface area contributed by atoms with E-state index < -0.39 is 27.7 Å². The van der Waals surface area contributed by atoms with Crippen molar-refractivity contribution in [3.8, 4) is 0 Å². The number of benzene rings is 1. The third-order valence-corrected chi connectivity index (χ3v) is 9.56. The number of sulfonamides is 1. The van der Waals surface area contributed by atoms with Crippen LogP contribution in [0.1, 0.15) is 77.2 Å². The van der Waals surface area contributed by atoms with Crippen molar-refractivity contribution < 1.29 is 27.5 Å². The van der Waals surface area contributed by atoms with Crippen molar-refractivity contribution in [3.63, 3.8) is 0 Å². The van der Waals surface area contributed by atoms with Crippen LogP contribution in [-0.4, -0.2) is 79.0 Å². The van der Waals surface area contributed by atoms with Gasteiger partial charge in [0, 0.05) is 26.2 Å². The highest BCUT2D eigenvalue weighted by atomic mass is 32.2. The van der Waals surface area contributed by atoms with Gasteiger partial charge in [0.15, 0.2) is 0 Å². The van der Waals surface area contributed by atoms with Crippen molar-refractivity contribution in [3.05, 3.63) is 35.9 Å². The van der Waals surface area contributed by atoms with Crippen molar-refractivity contribution in [2.24, 2.45) is 0 Å². The molecule has 1 atom stereocenters. The molecule has 2 saturated heterocycles. The molecule has 0 bridgehead atoms. The van der Waals surface area contributed by atoms with Crippen molar-refractivity contribution in [1.29, 1.82) is 0 Å². The van der Waals surface area contributed by atoms with Crippen LogP contribution in [0.4, 0.5) is 4.79 Å². The molecule has 3 rings (SSSR count). The summed E-state index contributed by atoms with van der Waals surface area (Å²) < 4.78 is 32.2. The summed E-state index contributed by atoms with van der Waals surface area (Å²) >= 11 is 0. The van der Waals surface area contributed by atoms with Crippen molar-refractivity contribution in [2.45, 2.75) is 89.8 Å². The molecule has 2 heterocycles. The van der Waals surface area contributed by atoms with Crippen LogP contribution < -0.4 is 10.6 Å². The van der Waals surface area contributed by atoms with E-state index in [1.54, 1.807) is 4.90 Å². The lowest BCUT2D eigenvalue weighted by Gasteiger charge is -2.51. The van der Waals surface area contributed by atoms with Crippen LogP contribution >= 0.6 is 0 Å². The standard InChI is InChI=1S/C28H44N4O6S/c1-3-5-11-21-39(36,37)31-19-15-28(16-20-31)26(34)30-24(25(33)32(28)18-4-2)14-9-10-17-29-27(35)38-22-23-12-7-6-8-13-23/h6-8,12-13,24H,3-5,9-11,14-22H2,1-2H3,(H,29,35)(H,30,34)/t24-/m0/s1. The molecule has 11 heteroatoms. The number of hydrogen-bond acceptors (Lipinski definition) is 6. The van der Waals surface area contributed by atoms with Crippen LogP contribution in [-0.2, 0) is 31.0 Å². The van der Waals surface area contributed by atoms with Crippen molar-refractivity contribution >= 4 is 27.9 Å². The Morgan fingerprint density at radius 3 is 2.44 bits per heavy atom. The predicted molar refractivity (Wildman–Crippen MR) is 149 cm³/mol. The quantitative estimate of drug-likeness (QED) is 0.335. The molecular weight excluding hydrogens is 520 g/mol. The van der Waals surface area contributed by atoms with E-state index in [1.165, 1.54) is 4.31 Å². The number of piperidine rings is 1. The Labute approximate surface area is 232 Å². The van der Waals surface area contributed by atoms with E-state index >= 15 is 0 Å². The highest BCUT2D eigenvalue weighted by Crippen LogP contribution is 2.34. The SMILES string of the molecule is CCCCCS(=O)(=O)N1CCC2(CC1)C(=O)N[C@@H](CCCCNC(=O)OCc1ccccc1)C(=O)N2CCC. The van der Waals surface area contributed by atoms with Crippen LogP contribution in [0.3, 0.4) is 0 Å². The maximum atomic E-state index is 13.5. The first-order valence-corrected chi connectivity index (χ1v) is 15.9.